The van der Waals surface area contributed by atoms with E-state index in [9.17, 15) is 9.59 Å². The fraction of sp³-hybridized carbons (Fsp3) is 0.500. The second kappa shape index (κ2) is 5.94. The van der Waals surface area contributed by atoms with Gasteiger partial charge in [-0.2, -0.15) is 0 Å². The van der Waals surface area contributed by atoms with Gasteiger partial charge >= 0.3 is 0 Å². The summed E-state index contributed by atoms with van der Waals surface area (Å²) < 4.78 is 0. The predicted molar refractivity (Wildman–Crippen MR) is 73.4 cm³/mol. The van der Waals surface area contributed by atoms with E-state index in [4.69, 9.17) is 0 Å². The Hall–Kier alpha value is -1.44. The van der Waals surface area contributed by atoms with Crippen molar-refractivity contribution in [3.05, 3.63) is 35.9 Å². The summed E-state index contributed by atoms with van der Waals surface area (Å²) in [4.78, 5) is 24.0. The lowest BCUT2D eigenvalue weighted by Crippen LogP contribution is -2.26. The second-order valence-corrected chi connectivity index (χ2v) is 6.05. The van der Waals surface area contributed by atoms with Crippen molar-refractivity contribution < 1.29 is 9.59 Å². The van der Waals surface area contributed by atoms with E-state index in [-0.39, 0.29) is 17.0 Å². The van der Waals surface area contributed by atoms with Crippen LogP contribution in [-0.4, -0.2) is 11.6 Å². The molecule has 0 saturated carbocycles. The van der Waals surface area contributed by atoms with Crippen LogP contribution < -0.4 is 0 Å². The van der Waals surface area contributed by atoms with Gasteiger partial charge in [0.2, 0.25) is 0 Å². The molecule has 2 heteroatoms. The Morgan fingerprint density at radius 2 is 1.61 bits per heavy atom. The number of carbonyl (C=O) groups is 2. The van der Waals surface area contributed by atoms with E-state index in [1.807, 2.05) is 51.1 Å². The summed E-state index contributed by atoms with van der Waals surface area (Å²) in [6, 6.07) is 9.56. The van der Waals surface area contributed by atoms with Crippen LogP contribution in [0.25, 0.3) is 0 Å². The summed E-state index contributed by atoms with van der Waals surface area (Å²) >= 11 is 0. The highest BCUT2D eigenvalue weighted by Crippen LogP contribution is 2.22. The van der Waals surface area contributed by atoms with Crippen LogP contribution in [0.15, 0.2) is 30.3 Å². The molecule has 0 aliphatic heterocycles. The van der Waals surface area contributed by atoms with Gasteiger partial charge in [-0.15, -0.1) is 0 Å². The maximum absolute atomic E-state index is 12.0. The molecular formula is C16H22O2. The Bertz CT molecular complexity index is 412. The first-order valence-corrected chi connectivity index (χ1v) is 6.39. The maximum Gasteiger partial charge on any atom is 0.147 e. The summed E-state index contributed by atoms with van der Waals surface area (Å²) in [5, 5.41) is 0. The van der Waals surface area contributed by atoms with Crippen LogP contribution in [-0.2, 0) is 16.0 Å². The van der Waals surface area contributed by atoms with Gasteiger partial charge in [-0.1, -0.05) is 51.1 Å². The van der Waals surface area contributed by atoms with Gasteiger partial charge in [0.25, 0.3) is 0 Å². The Morgan fingerprint density at radius 1 is 1.06 bits per heavy atom. The standard InChI is InChI=1S/C16H22O2/c1-12(15(18)11-16(2,3)4)14(17)10-13-8-6-5-7-9-13/h5-9,12H,10-11H2,1-4H3. The van der Waals surface area contributed by atoms with E-state index in [0.717, 1.165) is 5.56 Å². The highest BCUT2D eigenvalue weighted by atomic mass is 16.1. The molecule has 0 aliphatic rings. The minimum absolute atomic E-state index is 0.00968. The van der Waals surface area contributed by atoms with Gasteiger partial charge in [0.1, 0.15) is 11.6 Å². The quantitative estimate of drug-likeness (QED) is 0.746. The molecule has 0 spiro atoms. The van der Waals surface area contributed by atoms with Gasteiger partial charge in [-0.3, -0.25) is 9.59 Å². The molecule has 1 unspecified atom stereocenters. The first-order valence-electron chi connectivity index (χ1n) is 6.39. The van der Waals surface area contributed by atoms with Crippen molar-refractivity contribution in [1.82, 2.24) is 0 Å². The lowest BCUT2D eigenvalue weighted by atomic mass is 9.84. The molecule has 18 heavy (non-hydrogen) atoms. The molecular weight excluding hydrogens is 224 g/mol. The molecule has 1 rings (SSSR count). The van der Waals surface area contributed by atoms with Gasteiger partial charge in [0, 0.05) is 12.8 Å². The molecule has 0 fully saturated rings. The van der Waals surface area contributed by atoms with Crippen LogP contribution in [0.1, 0.15) is 39.7 Å². The topological polar surface area (TPSA) is 34.1 Å². The zero-order valence-electron chi connectivity index (χ0n) is 11.7. The summed E-state index contributed by atoms with van der Waals surface area (Å²) in [6.45, 7) is 7.76. The summed E-state index contributed by atoms with van der Waals surface area (Å²) in [5.41, 5.74) is 0.913. The van der Waals surface area contributed by atoms with E-state index in [0.29, 0.717) is 12.8 Å². The Morgan fingerprint density at radius 3 is 2.11 bits per heavy atom. The van der Waals surface area contributed by atoms with Crippen molar-refractivity contribution in [3.63, 3.8) is 0 Å². The Labute approximate surface area is 109 Å². The number of rotatable bonds is 5. The van der Waals surface area contributed by atoms with Crippen LogP contribution in [0.2, 0.25) is 0 Å². The molecule has 1 atom stereocenters. The summed E-state index contributed by atoms with van der Waals surface area (Å²) in [5.74, 6) is -0.441. The molecule has 0 bridgehead atoms. The number of carbonyl (C=O) groups excluding carboxylic acids is 2. The van der Waals surface area contributed by atoms with Crippen molar-refractivity contribution in [1.29, 1.82) is 0 Å². The first kappa shape index (κ1) is 14.6. The van der Waals surface area contributed by atoms with E-state index in [1.165, 1.54) is 0 Å². The van der Waals surface area contributed by atoms with Gasteiger partial charge in [-0.05, 0) is 17.9 Å². The van der Waals surface area contributed by atoms with Gasteiger partial charge in [0.05, 0.1) is 5.92 Å². The van der Waals surface area contributed by atoms with Crippen LogP contribution in [0, 0.1) is 11.3 Å². The Balaban J connectivity index is 2.59. The summed E-state index contributed by atoms with van der Waals surface area (Å²) in [6.07, 6.45) is 0.798. The lowest BCUT2D eigenvalue weighted by Gasteiger charge is -2.19. The molecule has 1 aromatic rings. The highest BCUT2D eigenvalue weighted by molar-refractivity contribution is 6.02. The monoisotopic (exact) mass is 246 g/mol. The van der Waals surface area contributed by atoms with Crippen LogP contribution >= 0.6 is 0 Å². The third kappa shape index (κ3) is 4.82. The van der Waals surface area contributed by atoms with Gasteiger partial charge in [-0.25, -0.2) is 0 Å². The fourth-order valence-corrected chi connectivity index (χ4v) is 1.81. The highest BCUT2D eigenvalue weighted by Gasteiger charge is 2.25. The molecule has 0 N–H and O–H groups in total. The second-order valence-electron chi connectivity index (χ2n) is 6.05. The van der Waals surface area contributed by atoms with E-state index >= 15 is 0 Å². The predicted octanol–water partition coefficient (Wildman–Crippen LogP) is 3.44. The molecule has 0 heterocycles. The normalized spacial score (nSPS) is 13.1. The lowest BCUT2D eigenvalue weighted by molar-refractivity contribution is -0.132. The third-order valence-corrected chi connectivity index (χ3v) is 2.89. The average molecular weight is 246 g/mol. The molecule has 2 nitrogen and oxygen atoms in total. The molecule has 0 amide bonds. The molecule has 0 saturated heterocycles. The van der Waals surface area contributed by atoms with E-state index in [1.54, 1.807) is 6.92 Å². The largest absolute Gasteiger partial charge is 0.299 e. The van der Waals surface area contributed by atoms with Gasteiger partial charge < -0.3 is 0 Å². The maximum atomic E-state index is 12.0. The molecule has 0 aliphatic carbocycles. The molecule has 98 valence electrons. The van der Waals surface area contributed by atoms with Gasteiger partial charge in [0.15, 0.2) is 0 Å². The van der Waals surface area contributed by atoms with Crippen LogP contribution in [0.4, 0.5) is 0 Å². The minimum Gasteiger partial charge on any atom is -0.299 e. The van der Waals surface area contributed by atoms with Crippen molar-refractivity contribution in [2.75, 3.05) is 0 Å². The molecule has 0 radical (unpaired) electrons. The number of hydrogen-bond acceptors (Lipinski definition) is 2. The van der Waals surface area contributed by atoms with Crippen LogP contribution in [0.3, 0.4) is 0 Å². The third-order valence-electron chi connectivity index (χ3n) is 2.89. The first-order chi connectivity index (χ1) is 8.29. The van der Waals surface area contributed by atoms with Crippen molar-refractivity contribution in [2.24, 2.45) is 11.3 Å². The molecule has 1 aromatic carbocycles. The number of benzene rings is 1. The average Bonchev–Trinajstić information content (AvgIpc) is 2.27. The number of Topliss-reactive ketones (excluding diaryl/α,β-unsaturated/α-hetero) is 2. The van der Waals surface area contributed by atoms with Crippen molar-refractivity contribution in [2.45, 2.75) is 40.5 Å². The van der Waals surface area contributed by atoms with Crippen molar-refractivity contribution in [3.8, 4) is 0 Å². The Kier molecular flexibility index (Phi) is 4.83. The van der Waals surface area contributed by atoms with E-state index < -0.39 is 5.92 Å². The number of hydrogen-bond donors (Lipinski definition) is 0. The van der Waals surface area contributed by atoms with E-state index in [2.05, 4.69) is 0 Å². The summed E-state index contributed by atoms with van der Waals surface area (Å²) in [7, 11) is 0. The zero-order valence-corrected chi connectivity index (χ0v) is 11.7. The fourth-order valence-electron chi connectivity index (χ4n) is 1.81. The zero-order chi connectivity index (χ0) is 13.8. The smallest absolute Gasteiger partial charge is 0.147 e. The SMILES string of the molecule is CC(C(=O)Cc1ccccc1)C(=O)CC(C)(C)C. The minimum atomic E-state index is -0.496. The number of ketones is 2. The van der Waals surface area contributed by atoms with Crippen molar-refractivity contribution >= 4 is 11.6 Å². The van der Waals surface area contributed by atoms with Crippen LogP contribution in [0.5, 0.6) is 0 Å². The molecule has 0 aromatic heterocycles.